The fourth-order valence-electron chi connectivity index (χ4n) is 2.61. The van der Waals surface area contributed by atoms with Gasteiger partial charge in [-0.1, -0.05) is 49.7 Å². The number of benzene rings is 2. The van der Waals surface area contributed by atoms with Crippen LogP contribution in [0, 0.1) is 11.7 Å². The summed E-state index contributed by atoms with van der Waals surface area (Å²) in [6.45, 7) is 4.39. The van der Waals surface area contributed by atoms with Crippen LogP contribution in [0.5, 0.6) is 0 Å². The maximum Gasteiger partial charge on any atom is 0.128 e. The van der Waals surface area contributed by atoms with Gasteiger partial charge in [0.05, 0.1) is 6.04 Å². The van der Waals surface area contributed by atoms with Gasteiger partial charge in [-0.25, -0.2) is 4.39 Å². The molecule has 0 radical (unpaired) electrons. The molecule has 1 nitrogen and oxygen atoms in total. The quantitative estimate of drug-likeness (QED) is 0.821. The Kier molecular flexibility index (Phi) is 5.38. The first-order chi connectivity index (χ1) is 10.0. The second kappa shape index (κ2) is 7.06. The molecular weight excluding hydrogens is 285 g/mol. The Hall–Kier alpha value is -1.38. The first kappa shape index (κ1) is 16.0. The van der Waals surface area contributed by atoms with Gasteiger partial charge >= 0.3 is 0 Å². The van der Waals surface area contributed by atoms with E-state index in [1.54, 1.807) is 12.1 Å². The van der Waals surface area contributed by atoms with Crippen molar-refractivity contribution >= 4 is 11.6 Å². The van der Waals surface area contributed by atoms with Crippen LogP contribution in [-0.2, 0) is 6.42 Å². The summed E-state index contributed by atoms with van der Waals surface area (Å²) < 4.78 is 14.1. The topological polar surface area (TPSA) is 12.0 Å². The average Bonchev–Trinajstić information content (AvgIpc) is 2.43. The molecule has 0 saturated carbocycles. The van der Waals surface area contributed by atoms with Crippen LogP contribution in [0.2, 0.25) is 5.02 Å². The van der Waals surface area contributed by atoms with E-state index < -0.39 is 0 Å². The molecule has 0 aliphatic heterocycles. The van der Waals surface area contributed by atoms with Crippen LogP contribution in [0.3, 0.4) is 0 Å². The van der Waals surface area contributed by atoms with Gasteiger partial charge in [0.25, 0.3) is 0 Å². The maximum absolute atomic E-state index is 14.1. The molecule has 0 spiro atoms. The van der Waals surface area contributed by atoms with Crippen LogP contribution >= 0.6 is 11.6 Å². The average molecular weight is 306 g/mol. The zero-order chi connectivity index (χ0) is 15.4. The van der Waals surface area contributed by atoms with Crippen LogP contribution in [0.4, 0.5) is 4.39 Å². The van der Waals surface area contributed by atoms with Gasteiger partial charge in [0, 0.05) is 10.6 Å². The molecule has 0 aliphatic carbocycles. The van der Waals surface area contributed by atoms with Crippen molar-refractivity contribution in [2.75, 3.05) is 7.05 Å². The van der Waals surface area contributed by atoms with E-state index in [9.17, 15) is 4.39 Å². The minimum absolute atomic E-state index is 0.198. The summed E-state index contributed by atoms with van der Waals surface area (Å²) in [5.74, 6) is 0.351. The van der Waals surface area contributed by atoms with Crippen molar-refractivity contribution < 1.29 is 4.39 Å². The van der Waals surface area contributed by atoms with Gasteiger partial charge < -0.3 is 5.32 Å². The molecule has 3 heteroatoms. The summed E-state index contributed by atoms with van der Waals surface area (Å²) in [4.78, 5) is 0. The monoisotopic (exact) mass is 305 g/mol. The second-order valence-corrected chi connectivity index (χ2v) is 6.17. The molecule has 1 N–H and O–H groups in total. The van der Waals surface area contributed by atoms with Crippen molar-refractivity contribution in [3.8, 4) is 0 Å². The van der Waals surface area contributed by atoms with E-state index in [2.05, 4.69) is 31.3 Å². The Morgan fingerprint density at radius 3 is 2.57 bits per heavy atom. The van der Waals surface area contributed by atoms with E-state index in [0.29, 0.717) is 16.5 Å². The zero-order valence-corrected chi connectivity index (χ0v) is 13.4. The van der Waals surface area contributed by atoms with Gasteiger partial charge in [-0.05, 0) is 48.7 Å². The molecule has 1 atom stereocenters. The van der Waals surface area contributed by atoms with Crippen LogP contribution in [0.1, 0.15) is 36.6 Å². The molecule has 0 fully saturated rings. The smallest absolute Gasteiger partial charge is 0.128 e. The van der Waals surface area contributed by atoms with Gasteiger partial charge in [0.2, 0.25) is 0 Å². The van der Waals surface area contributed by atoms with E-state index in [1.165, 1.54) is 11.6 Å². The molecule has 2 aromatic rings. The molecule has 0 aromatic heterocycles. The standard InChI is InChI=1S/C18H21ClFN/c1-12(2)9-13-5-4-6-14(10-13)18(21-3)16-11-15(19)7-8-17(16)20/h4-8,10-12,18,21H,9H2,1-3H3. The van der Waals surface area contributed by atoms with Gasteiger partial charge in [0.1, 0.15) is 5.82 Å². The molecule has 0 bridgehead atoms. The lowest BCUT2D eigenvalue weighted by Gasteiger charge is -2.19. The number of rotatable bonds is 5. The number of halogens is 2. The minimum atomic E-state index is -0.243. The van der Waals surface area contributed by atoms with Crippen LogP contribution in [0.15, 0.2) is 42.5 Å². The number of hydrogen-bond acceptors (Lipinski definition) is 1. The van der Waals surface area contributed by atoms with E-state index in [4.69, 9.17) is 11.6 Å². The molecule has 1 unspecified atom stereocenters. The van der Waals surface area contributed by atoms with Crippen LogP contribution in [0.25, 0.3) is 0 Å². The van der Waals surface area contributed by atoms with Crippen molar-refractivity contribution in [2.45, 2.75) is 26.3 Å². The molecule has 21 heavy (non-hydrogen) atoms. The highest BCUT2D eigenvalue weighted by Crippen LogP contribution is 2.27. The summed E-state index contributed by atoms with van der Waals surface area (Å²) in [5.41, 5.74) is 2.90. The van der Waals surface area contributed by atoms with Gasteiger partial charge in [0.15, 0.2) is 0 Å². The van der Waals surface area contributed by atoms with Crippen LogP contribution < -0.4 is 5.32 Å². The number of hydrogen-bond donors (Lipinski definition) is 1. The third-order valence-electron chi connectivity index (χ3n) is 3.49. The Morgan fingerprint density at radius 1 is 1.14 bits per heavy atom. The lowest BCUT2D eigenvalue weighted by Crippen LogP contribution is -2.19. The van der Waals surface area contributed by atoms with E-state index in [1.807, 2.05) is 19.2 Å². The summed E-state index contributed by atoms with van der Waals surface area (Å²) in [6.07, 6.45) is 1.02. The lowest BCUT2D eigenvalue weighted by atomic mass is 9.94. The highest BCUT2D eigenvalue weighted by atomic mass is 35.5. The Bertz CT molecular complexity index is 610. The first-order valence-corrected chi connectivity index (χ1v) is 7.60. The molecule has 0 saturated heterocycles. The Morgan fingerprint density at radius 2 is 1.90 bits per heavy atom. The SMILES string of the molecule is CNC(c1cccc(CC(C)C)c1)c1cc(Cl)ccc1F. The Balaban J connectivity index is 2.39. The van der Waals surface area contributed by atoms with Crippen molar-refractivity contribution in [3.63, 3.8) is 0 Å². The summed E-state index contributed by atoms with van der Waals surface area (Å²) >= 11 is 6.01. The summed E-state index contributed by atoms with van der Waals surface area (Å²) in [5, 5.41) is 3.73. The van der Waals surface area contributed by atoms with Crippen molar-refractivity contribution in [2.24, 2.45) is 5.92 Å². The Labute approximate surface area is 131 Å². The fourth-order valence-corrected chi connectivity index (χ4v) is 2.79. The summed E-state index contributed by atoms with van der Waals surface area (Å²) in [7, 11) is 1.83. The van der Waals surface area contributed by atoms with Crippen molar-refractivity contribution in [3.05, 3.63) is 70.0 Å². The molecule has 112 valence electrons. The normalized spacial score (nSPS) is 12.7. The highest BCUT2D eigenvalue weighted by molar-refractivity contribution is 6.30. The van der Waals surface area contributed by atoms with E-state index in [0.717, 1.165) is 12.0 Å². The summed E-state index contributed by atoms with van der Waals surface area (Å²) in [6, 6.07) is 12.8. The van der Waals surface area contributed by atoms with E-state index >= 15 is 0 Å². The maximum atomic E-state index is 14.1. The van der Waals surface area contributed by atoms with Gasteiger partial charge in [-0.2, -0.15) is 0 Å². The molecule has 2 rings (SSSR count). The van der Waals surface area contributed by atoms with Crippen molar-refractivity contribution in [1.29, 1.82) is 0 Å². The lowest BCUT2D eigenvalue weighted by molar-refractivity contribution is 0.575. The van der Waals surface area contributed by atoms with Gasteiger partial charge in [-0.15, -0.1) is 0 Å². The predicted octanol–water partition coefficient (Wildman–Crippen LogP) is 4.99. The molecule has 0 amide bonds. The minimum Gasteiger partial charge on any atom is -0.309 e. The van der Waals surface area contributed by atoms with Gasteiger partial charge in [-0.3, -0.25) is 0 Å². The second-order valence-electron chi connectivity index (χ2n) is 5.73. The predicted molar refractivity (Wildman–Crippen MR) is 87.3 cm³/mol. The van der Waals surface area contributed by atoms with Crippen molar-refractivity contribution in [1.82, 2.24) is 5.32 Å². The third kappa shape index (κ3) is 4.05. The first-order valence-electron chi connectivity index (χ1n) is 7.22. The van der Waals surface area contributed by atoms with E-state index in [-0.39, 0.29) is 11.9 Å². The van der Waals surface area contributed by atoms with Crippen LogP contribution in [-0.4, -0.2) is 7.05 Å². The molecule has 0 heterocycles. The fraction of sp³-hybridized carbons (Fsp3) is 0.333. The largest absolute Gasteiger partial charge is 0.309 e. The molecule has 2 aromatic carbocycles. The zero-order valence-electron chi connectivity index (χ0n) is 12.7. The molecular formula is C18H21ClFN. The third-order valence-corrected chi connectivity index (χ3v) is 3.72. The highest BCUT2D eigenvalue weighted by Gasteiger charge is 2.17. The molecule has 0 aliphatic rings. The number of nitrogens with one attached hydrogen (secondary N) is 1.